The van der Waals surface area contributed by atoms with Crippen LogP contribution >= 0.6 is 0 Å². The Kier molecular flexibility index (Phi) is 2.50. The van der Waals surface area contributed by atoms with Gasteiger partial charge in [-0.1, -0.05) is 0 Å². The van der Waals surface area contributed by atoms with Crippen molar-refractivity contribution in [1.82, 2.24) is 4.57 Å². The summed E-state index contributed by atoms with van der Waals surface area (Å²) in [6.45, 7) is 0.471. The molecule has 1 aromatic heterocycles. The molecule has 1 aromatic rings. The van der Waals surface area contributed by atoms with Crippen LogP contribution < -0.4 is 17.0 Å². The molecule has 0 fully saturated rings. The summed E-state index contributed by atoms with van der Waals surface area (Å²) in [6.07, 6.45) is 2.18. The first kappa shape index (κ1) is 8.80. The van der Waals surface area contributed by atoms with E-state index in [2.05, 4.69) is 0 Å². The Morgan fingerprint density at radius 2 is 2.25 bits per heavy atom. The molecule has 66 valence electrons. The molecule has 4 nitrogen and oxygen atoms in total. The second kappa shape index (κ2) is 3.40. The minimum Gasteiger partial charge on any atom is -0.398 e. The molecule has 0 unspecified atom stereocenters. The zero-order valence-corrected chi connectivity index (χ0v) is 7.08. The van der Waals surface area contributed by atoms with Gasteiger partial charge in [0.25, 0.3) is 5.56 Å². The van der Waals surface area contributed by atoms with E-state index in [9.17, 15) is 4.79 Å². The SMILES string of the molecule is Cn1cc(N)cc(CCN)c1=O. The highest BCUT2D eigenvalue weighted by Crippen LogP contribution is 2.00. The Labute approximate surface area is 70.8 Å². The normalized spacial score (nSPS) is 10.2. The van der Waals surface area contributed by atoms with Crippen molar-refractivity contribution in [3.05, 3.63) is 28.2 Å². The van der Waals surface area contributed by atoms with Crippen LogP contribution in [0.15, 0.2) is 17.1 Å². The van der Waals surface area contributed by atoms with E-state index in [1.165, 1.54) is 4.57 Å². The molecule has 0 radical (unpaired) electrons. The number of nitrogen functional groups attached to an aromatic ring is 1. The predicted octanol–water partition coefficient (Wildman–Crippen LogP) is -0.531. The standard InChI is InChI=1S/C8H13N3O/c1-11-5-7(10)4-6(2-3-9)8(11)12/h4-5H,2-3,9-10H2,1H3. The maximum absolute atomic E-state index is 11.4. The molecule has 0 atom stereocenters. The summed E-state index contributed by atoms with van der Waals surface area (Å²) in [5.74, 6) is 0. The Balaban J connectivity index is 3.19. The quantitative estimate of drug-likeness (QED) is 0.621. The van der Waals surface area contributed by atoms with Gasteiger partial charge >= 0.3 is 0 Å². The van der Waals surface area contributed by atoms with E-state index in [1.807, 2.05) is 0 Å². The van der Waals surface area contributed by atoms with E-state index in [-0.39, 0.29) is 5.56 Å². The van der Waals surface area contributed by atoms with Gasteiger partial charge in [0.2, 0.25) is 0 Å². The van der Waals surface area contributed by atoms with Crippen molar-refractivity contribution in [3.63, 3.8) is 0 Å². The first-order valence-electron chi connectivity index (χ1n) is 3.80. The predicted molar refractivity (Wildman–Crippen MR) is 48.9 cm³/mol. The molecule has 0 spiro atoms. The summed E-state index contributed by atoms with van der Waals surface area (Å²) in [5.41, 5.74) is 12.2. The van der Waals surface area contributed by atoms with Crippen molar-refractivity contribution >= 4 is 5.69 Å². The van der Waals surface area contributed by atoms with Crippen LogP contribution in [0.25, 0.3) is 0 Å². The Morgan fingerprint density at radius 1 is 1.58 bits per heavy atom. The van der Waals surface area contributed by atoms with Gasteiger partial charge in [-0.2, -0.15) is 0 Å². The monoisotopic (exact) mass is 167 g/mol. The second-order valence-corrected chi connectivity index (χ2v) is 2.75. The van der Waals surface area contributed by atoms with Gasteiger partial charge in [0.1, 0.15) is 0 Å². The van der Waals surface area contributed by atoms with Crippen molar-refractivity contribution in [2.45, 2.75) is 6.42 Å². The summed E-state index contributed by atoms with van der Waals surface area (Å²) >= 11 is 0. The van der Waals surface area contributed by atoms with Crippen molar-refractivity contribution in [2.75, 3.05) is 12.3 Å². The van der Waals surface area contributed by atoms with E-state index in [4.69, 9.17) is 11.5 Å². The maximum Gasteiger partial charge on any atom is 0.253 e. The molecule has 12 heavy (non-hydrogen) atoms. The molecule has 0 aliphatic carbocycles. The van der Waals surface area contributed by atoms with E-state index in [1.54, 1.807) is 19.3 Å². The molecule has 0 amide bonds. The fraction of sp³-hybridized carbons (Fsp3) is 0.375. The first-order valence-corrected chi connectivity index (χ1v) is 3.80. The van der Waals surface area contributed by atoms with Crippen LogP contribution in [0.1, 0.15) is 5.56 Å². The average Bonchev–Trinajstić information content (AvgIpc) is 2.00. The summed E-state index contributed by atoms with van der Waals surface area (Å²) in [7, 11) is 1.68. The Bertz CT molecular complexity index is 330. The number of hydrogen-bond donors (Lipinski definition) is 2. The van der Waals surface area contributed by atoms with Gasteiger partial charge < -0.3 is 16.0 Å². The molecule has 0 bridgehead atoms. The summed E-state index contributed by atoms with van der Waals surface area (Å²) in [5, 5.41) is 0. The van der Waals surface area contributed by atoms with Gasteiger partial charge in [0.05, 0.1) is 0 Å². The van der Waals surface area contributed by atoms with Gasteiger partial charge in [-0.3, -0.25) is 4.79 Å². The summed E-state index contributed by atoms with van der Waals surface area (Å²) < 4.78 is 1.47. The second-order valence-electron chi connectivity index (χ2n) is 2.75. The summed E-state index contributed by atoms with van der Waals surface area (Å²) in [6, 6.07) is 1.68. The number of aromatic nitrogens is 1. The lowest BCUT2D eigenvalue weighted by Crippen LogP contribution is -2.23. The number of nitrogens with two attached hydrogens (primary N) is 2. The lowest BCUT2D eigenvalue weighted by atomic mass is 10.2. The molecule has 1 rings (SSSR count). The Hall–Kier alpha value is -1.29. The topological polar surface area (TPSA) is 74.0 Å². The molecule has 0 aliphatic heterocycles. The van der Waals surface area contributed by atoms with Crippen LogP contribution in [-0.2, 0) is 13.5 Å². The molecule has 0 saturated carbocycles. The molecule has 1 heterocycles. The Morgan fingerprint density at radius 3 is 2.83 bits per heavy atom. The number of rotatable bonds is 2. The number of nitrogens with zero attached hydrogens (tertiary/aromatic N) is 1. The molecule has 0 saturated heterocycles. The van der Waals surface area contributed by atoms with Crippen molar-refractivity contribution in [1.29, 1.82) is 0 Å². The molecule has 0 aliphatic rings. The molecule has 4 N–H and O–H groups in total. The minimum atomic E-state index is -0.0188. The molecular formula is C8H13N3O. The maximum atomic E-state index is 11.4. The lowest BCUT2D eigenvalue weighted by Gasteiger charge is -2.03. The summed E-state index contributed by atoms with van der Waals surface area (Å²) in [4.78, 5) is 11.4. The van der Waals surface area contributed by atoms with Gasteiger partial charge in [0.15, 0.2) is 0 Å². The molecular weight excluding hydrogens is 154 g/mol. The minimum absolute atomic E-state index is 0.0188. The van der Waals surface area contributed by atoms with Crippen LogP contribution in [0.3, 0.4) is 0 Å². The highest BCUT2D eigenvalue weighted by Gasteiger charge is 2.00. The van der Waals surface area contributed by atoms with Crippen molar-refractivity contribution < 1.29 is 0 Å². The largest absolute Gasteiger partial charge is 0.398 e. The zero-order valence-electron chi connectivity index (χ0n) is 7.08. The third kappa shape index (κ3) is 1.65. The van der Waals surface area contributed by atoms with Gasteiger partial charge in [-0.15, -0.1) is 0 Å². The fourth-order valence-electron chi connectivity index (χ4n) is 1.14. The molecule has 4 heteroatoms. The first-order chi connectivity index (χ1) is 5.65. The van der Waals surface area contributed by atoms with E-state index < -0.39 is 0 Å². The van der Waals surface area contributed by atoms with E-state index >= 15 is 0 Å². The average molecular weight is 167 g/mol. The third-order valence-corrected chi connectivity index (χ3v) is 1.69. The highest BCUT2D eigenvalue weighted by atomic mass is 16.1. The van der Waals surface area contributed by atoms with Crippen LogP contribution in [-0.4, -0.2) is 11.1 Å². The number of pyridine rings is 1. The smallest absolute Gasteiger partial charge is 0.253 e. The van der Waals surface area contributed by atoms with Crippen LogP contribution in [0.2, 0.25) is 0 Å². The van der Waals surface area contributed by atoms with Gasteiger partial charge in [-0.05, 0) is 19.0 Å². The fourth-order valence-corrected chi connectivity index (χ4v) is 1.14. The van der Waals surface area contributed by atoms with Crippen molar-refractivity contribution in [2.24, 2.45) is 12.8 Å². The van der Waals surface area contributed by atoms with Gasteiger partial charge in [-0.25, -0.2) is 0 Å². The number of hydrogen-bond acceptors (Lipinski definition) is 3. The van der Waals surface area contributed by atoms with E-state index in [0.717, 1.165) is 0 Å². The number of aryl methyl sites for hydroxylation is 1. The molecule has 0 aromatic carbocycles. The zero-order chi connectivity index (χ0) is 9.14. The number of anilines is 1. The van der Waals surface area contributed by atoms with E-state index in [0.29, 0.717) is 24.2 Å². The van der Waals surface area contributed by atoms with Crippen LogP contribution in [0.4, 0.5) is 5.69 Å². The van der Waals surface area contributed by atoms with Gasteiger partial charge in [0, 0.05) is 24.5 Å². The van der Waals surface area contributed by atoms with Crippen LogP contribution in [0.5, 0.6) is 0 Å². The van der Waals surface area contributed by atoms with Crippen LogP contribution in [0, 0.1) is 0 Å². The lowest BCUT2D eigenvalue weighted by molar-refractivity contribution is 0.825. The third-order valence-electron chi connectivity index (χ3n) is 1.69. The highest BCUT2D eigenvalue weighted by molar-refractivity contribution is 5.37. The van der Waals surface area contributed by atoms with Crippen molar-refractivity contribution in [3.8, 4) is 0 Å².